The molecule has 2 aromatic carbocycles. The monoisotopic (exact) mass is 381 g/mol. The summed E-state index contributed by atoms with van der Waals surface area (Å²) in [5.74, 6) is -0.190. The molecule has 3 rings (SSSR count). The van der Waals surface area contributed by atoms with Crippen LogP contribution in [0.25, 0.3) is 0 Å². The maximum Gasteiger partial charge on any atom is 0.412 e. The molecule has 0 radical (unpaired) electrons. The van der Waals surface area contributed by atoms with Crippen molar-refractivity contribution in [3.63, 3.8) is 0 Å². The second-order valence-electron chi connectivity index (χ2n) is 7.83. The van der Waals surface area contributed by atoms with Gasteiger partial charge < -0.3 is 15.0 Å². The van der Waals surface area contributed by atoms with Crippen molar-refractivity contribution in [2.75, 3.05) is 28.6 Å². The quantitative estimate of drug-likeness (QED) is 0.807. The van der Waals surface area contributed by atoms with Gasteiger partial charge in [0.05, 0.1) is 0 Å². The van der Waals surface area contributed by atoms with E-state index in [9.17, 15) is 9.59 Å². The predicted octanol–water partition coefficient (Wildman–Crippen LogP) is 4.67. The Morgan fingerprint density at radius 2 is 1.71 bits per heavy atom. The van der Waals surface area contributed by atoms with Gasteiger partial charge in [0, 0.05) is 35.7 Å². The van der Waals surface area contributed by atoms with Gasteiger partial charge in [-0.15, -0.1) is 0 Å². The third-order valence-electron chi connectivity index (χ3n) is 4.51. The number of nitrogens with one attached hydrogen (secondary N) is 2. The number of rotatable bonds is 4. The number of hydrogen-bond acceptors (Lipinski definition) is 4. The third kappa shape index (κ3) is 4.82. The molecule has 1 aliphatic rings. The van der Waals surface area contributed by atoms with Crippen molar-refractivity contribution in [3.8, 4) is 0 Å². The molecular weight excluding hydrogens is 354 g/mol. The third-order valence-corrected chi connectivity index (χ3v) is 4.51. The second kappa shape index (κ2) is 7.92. The molecule has 0 unspecified atom stereocenters. The zero-order valence-electron chi connectivity index (χ0n) is 16.8. The lowest BCUT2D eigenvalue weighted by Crippen LogP contribution is -2.27. The predicted molar refractivity (Wildman–Crippen MR) is 112 cm³/mol. The van der Waals surface area contributed by atoms with E-state index < -0.39 is 11.7 Å². The summed E-state index contributed by atoms with van der Waals surface area (Å²) in [5, 5.41) is 5.60. The zero-order valence-corrected chi connectivity index (χ0v) is 16.8. The van der Waals surface area contributed by atoms with Gasteiger partial charge in [-0.05, 0) is 76.1 Å². The van der Waals surface area contributed by atoms with Crippen molar-refractivity contribution >= 4 is 29.1 Å². The maximum absolute atomic E-state index is 12.5. The van der Waals surface area contributed by atoms with Gasteiger partial charge in [0.2, 0.25) is 0 Å². The molecule has 28 heavy (non-hydrogen) atoms. The van der Waals surface area contributed by atoms with Crippen molar-refractivity contribution in [2.24, 2.45) is 0 Å². The van der Waals surface area contributed by atoms with Gasteiger partial charge in [0.15, 0.2) is 0 Å². The van der Waals surface area contributed by atoms with Crippen LogP contribution in [-0.4, -0.2) is 30.7 Å². The Kier molecular flexibility index (Phi) is 5.58. The Bertz CT molecular complexity index is 870. The van der Waals surface area contributed by atoms with E-state index in [1.54, 1.807) is 45.0 Å². The molecule has 1 heterocycles. The number of fused-ring (bicyclic) bond motifs is 1. The largest absolute Gasteiger partial charge is 0.444 e. The van der Waals surface area contributed by atoms with Crippen LogP contribution in [0.5, 0.6) is 0 Å². The molecule has 1 aliphatic heterocycles. The average molecular weight is 381 g/mol. The molecule has 0 atom stereocenters. The summed E-state index contributed by atoms with van der Waals surface area (Å²) in [6, 6.07) is 12.8. The number of likely N-dealkylation sites (N-methyl/N-ethyl adjacent to an activating group) is 1. The SMILES string of the molecule is CCN1CCc2ccc(NC(=O)c3ccc(NC(=O)OC(C)(C)C)cc3)cc21. The number of carbonyl (C=O) groups is 2. The Labute approximate surface area is 165 Å². The van der Waals surface area contributed by atoms with Crippen LogP contribution in [0.3, 0.4) is 0 Å². The number of benzene rings is 2. The van der Waals surface area contributed by atoms with Gasteiger partial charge in [-0.25, -0.2) is 4.79 Å². The number of amides is 2. The molecule has 0 aliphatic carbocycles. The fraction of sp³-hybridized carbons (Fsp3) is 0.364. The summed E-state index contributed by atoms with van der Waals surface area (Å²) >= 11 is 0. The van der Waals surface area contributed by atoms with Crippen molar-refractivity contribution in [1.82, 2.24) is 0 Å². The molecular formula is C22H27N3O3. The summed E-state index contributed by atoms with van der Waals surface area (Å²) in [7, 11) is 0. The second-order valence-corrected chi connectivity index (χ2v) is 7.83. The molecule has 0 saturated carbocycles. The van der Waals surface area contributed by atoms with Gasteiger partial charge in [-0.2, -0.15) is 0 Å². The minimum absolute atomic E-state index is 0.190. The van der Waals surface area contributed by atoms with E-state index in [1.165, 1.54) is 11.3 Å². The lowest BCUT2D eigenvalue weighted by Gasteiger charge is -2.19. The van der Waals surface area contributed by atoms with Crippen LogP contribution in [0, 0.1) is 0 Å². The number of nitrogens with zero attached hydrogens (tertiary/aromatic N) is 1. The first-order chi connectivity index (χ1) is 13.2. The number of anilines is 3. The lowest BCUT2D eigenvalue weighted by molar-refractivity contribution is 0.0636. The van der Waals surface area contributed by atoms with E-state index in [0.717, 1.165) is 25.2 Å². The van der Waals surface area contributed by atoms with Crippen molar-refractivity contribution in [3.05, 3.63) is 53.6 Å². The van der Waals surface area contributed by atoms with Crippen molar-refractivity contribution < 1.29 is 14.3 Å². The molecule has 148 valence electrons. The van der Waals surface area contributed by atoms with Crippen molar-refractivity contribution in [2.45, 2.75) is 39.7 Å². The fourth-order valence-corrected chi connectivity index (χ4v) is 3.18. The molecule has 0 bridgehead atoms. The molecule has 6 nitrogen and oxygen atoms in total. The minimum atomic E-state index is -0.562. The summed E-state index contributed by atoms with van der Waals surface area (Å²) in [6.07, 6.45) is 0.520. The highest BCUT2D eigenvalue weighted by molar-refractivity contribution is 6.04. The smallest absolute Gasteiger partial charge is 0.412 e. The molecule has 0 spiro atoms. The van der Waals surface area contributed by atoms with E-state index in [2.05, 4.69) is 28.5 Å². The van der Waals surface area contributed by atoms with Crippen LogP contribution >= 0.6 is 0 Å². The van der Waals surface area contributed by atoms with E-state index in [1.807, 2.05) is 12.1 Å². The zero-order chi connectivity index (χ0) is 20.3. The Balaban J connectivity index is 1.63. The molecule has 0 saturated heterocycles. The normalized spacial score (nSPS) is 13.1. The highest BCUT2D eigenvalue weighted by atomic mass is 16.6. The van der Waals surface area contributed by atoms with Gasteiger partial charge in [0.25, 0.3) is 5.91 Å². The maximum atomic E-state index is 12.5. The molecule has 2 N–H and O–H groups in total. The first-order valence-electron chi connectivity index (χ1n) is 9.54. The first-order valence-corrected chi connectivity index (χ1v) is 9.54. The topological polar surface area (TPSA) is 70.7 Å². The summed E-state index contributed by atoms with van der Waals surface area (Å²) in [4.78, 5) is 26.7. The van der Waals surface area contributed by atoms with Gasteiger partial charge >= 0.3 is 6.09 Å². The number of carbonyl (C=O) groups excluding carboxylic acids is 2. The van der Waals surface area contributed by atoms with Crippen LogP contribution < -0.4 is 15.5 Å². The van der Waals surface area contributed by atoms with Gasteiger partial charge in [-0.1, -0.05) is 6.07 Å². The highest BCUT2D eigenvalue weighted by Gasteiger charge is 2.19. The summed E-state index contributed by atoms with van der Waals surface area (Å²) in [5.41, 5.74) is 3.81. The van der Waals surface area contributed by atoms with Gasteiger partial charge in [-0.3, -0.25) is 10.1 Å². The minimum Gasteiger partial charge on any atom is -0.444 e. The standard InChI is InChI=1S/C22H27N3O3/c1-5-25-13-12-15-6-11-18(14-19(15)25)23-20(26)16-7-9-17(10-8-16)24-21(27)28-22(2,3)4/h6-11,14H,5,12-13H2,1-4H3,(H,23,26)(H,24,27). The van der Waals surface area contributed by atoms with E-state index >= 15 is 0 Å². The lowest BCUT2D eigenvalue weighted by atomic mass is 10.1. The van der Waals surface area contributed by atoms with Crippen LogP contribution in [0.15, 0.2) is 42.5 Å². The summed E-state index contributed by atoms with van der Waals surface area (Å²) in [6.45, 7) is 9.52. The Morgan fingerprint density at radius 3 is 2.36 bits per heavy atom. The fourth-order valence-electron chi connectivity index (χ4n) is 3.18. The van der Waals surface area contributed by atoms with Crippen LogP contribution in [0.1, 0.15) is 43.6 Å². The van der Waals surface area contributed by atoms with E-state index in [4.69, 9.17) is 4.74 Å². The van der Waals surface area contributed by atoms with E-state index in [0.29, 0.717) is 11.3 Å². The molecule has 6 heteroatoms. The number of hydrogen-bond donors (Lipinski definition) is 2. The molecule has 0 aromatic heterocycles. The summed E-state index contributed by atoms with van der Waals surface area (Å²) < 4.78 is 5.22. The first kappa shape index (κ1) is 19.7. The molecule has 0 fully saturated rings. The van der Waals surface area contributed by atoms with Crippen LogP contribution in [0.2, 0.25) is 0 Å². The number of ether oxygens (including phenoxy) is 1. The van der Waals surface area contributed by atoms with Crippen LogP contribution in [-0.2, 0) is 11.2 Å². The van der Waals surface area contributed by atoms with E-state index in [-0.39, 0.29) is 5.91 Å². The average Bonchev–Trinajstić information content (AvgIpc) is 3.03. The van der Waals surface area contributed by atoms with Crippen molar-refractivity contribution in [1.29, 1.82) is 0 Å². The Hall–Kier alpha value is -3.02. The highest BCUT2D eigenvalue weighted by Crippen LogP contribution is 2.30. The molecule has 2 amide bonds. The van der Waals surface area contributed by atoms with Gasteiger partial charge in [0.1, 0.15) is 5.60 Å². The van der Waals surface area contributed by atoms with Crippen LogP contribution in [0.4, 0.5) is 21.9 Å². The Morgan fingerprint density at radius 1 is 1.04 bits per heavy atom. The molecule has 2 aromatic rings.